The molecule has 2 heteroatoms. The van der Waals surface area contributed by atoms with Crippen molar-refractivity contribution in [1.29, 1.82) is 0 Å². The molecule has 0 unspecified atom stereocenters. The molecule has 0 saturated carbocycles. The van der Waals surface area contributed by atoms with Crippen LogP contribution in [0.1, 0.15) is 22.3 Å². The van der Waals surface area contributed by atoms with Gasteiger partial charge in [-0.3, -0.25) is 0 Å². The zero-order chi connectivity index (χ0) is 19.2. The highest BCUT2D eigenvalue weighted by molar-refractivity contribution is 7.61. The van der Waals surface area contributed by atoms with Gasteiger partial charge in [0.15, 0.2) is 10.6 Å². The van der Waals surface area contributed by atoms with Gasteiger partial charge in [0.1, 0.15) is 0 Å². The standard InChI is InChI=1S/C26H22OP/c27-28(25-15-11-23(12-16-25)19-21-7-3-1-4-8-21)26-17-13-24(14-18-26)20-22-9-5-2-6-10-22/h1-18H,19-20H2/q+1. The minimum absolute atomic E-state index is 0.877. The van der Waals surface area contributed by atoms with Crippen molar-refractivity contribution in [3.8, 4) is 0 Å². The van der Waals surface area contributed by atoms with Gasteiger partial charge < -0.3 is 0 Å². The molecule has 0 fully saturated rings. The summed E-state index contributed by atoms with van der Waals surface area (Å²) in [5, 5.41) is 1.75. The van der Waals surface area contributed by atoms with Gasteiger partial charge in [0.25, 0.3) is 0 Å². The van der Waals surface area contributed by atoms with Gasteiger partial charge in [-0.1, -0.05) is 89.5 Å². The summed E-state index contributed by atoms with van der Waals surface area (Å²) >= 11 is 0. The number of rotatable bonds is 6. The predicted molar refractivity (Wildman–Crippen MR) is 118 cm³/mol. The van der Waals surface area contributed by atoms with Crippen molar-refractivity contribution in [2.75, 3.05) is 0 Å². The summed E-state index contributed by atoms with van der Waals surface area (Å²) in [7, 11) is -1.56. The van der Waals surface area contributed by atoms with Crippen LogP contribution in [0.2, 0.25) is 0 Å². The molecule has 0 aromatic heterocycles. The molecule has 0 heterocycles. The Kier molecular flexibility index (Phi) is 5.75. The molecule has 28 heavy (non-hydrogen) atoms. The van der Waals surface area contributed by atoms with Crippen LogP contribution in [0.25, 0.3) is 0 Å². The molecule has 0 aliphatic rings. The number of hydrogen-bond acceptors (Lipinski definition) is 1. The van der Waals surface area contributed by atoms with Gasteiger partial charge in [-0.15, -0.1) is 0 Å². The van der Waals surface area contributed by atoms with E-state index in [2.05, 4.69) is 72.8 Å². The average molecular weight is 381 g/mol. The fourth-order valence-electron chi connectivity index (χ4n) is 3.31. The monoisotopic (exact) mass is 381 g/mol. The van der Waals surface area contributed by atoms with E-state index in [0.29, 0.717) is 0 Å². The van der Waals surface area contributed by atoms with Crippen LogP contribution >= 0.6 is 7.80 Å². The van der Waals surface area contributed by atoms with E-state index >= 15 is 0 Å². The summed E-state index contributed by atoms with van der Waals surface area (Å²) in [5.74, 6) is 0. The topological polar surface area (TPSA) is 17.1 Å². The molecule has 0 bridgehead atoms. The Balaban J connectivity index is 1.44. The van der Waals surface area contributed by atoms with E-state index in [4.69, 9.17) is 0 Å². The second-order valence-corrected chi connectivity index (χ2v) is 8.57. The summed E-state index contributed by atoms with van der Waals surface area (Å²) < 4.78 is 12.9. The first-order valence-electron chi connectivity index (χ1n) is 9.51. The van der Waals surface area contributed by atoms with Crippen LogP contribution in [0.4, 0.5) is 0 Å². The summed E-state index contributed by atoms with van der Waals surface area (Å²) in [6.07, 6.45) is 1.79. The second-order valence-electron chi connectivity index (χ2n) is 6.95. The van der Waals surface area contributed by atoms with Crippen LogP contribution in [0.15, 0.2) is 109 Å². The van der Waals surface area contributed by atoms with Crippen molar-refractivity contribution in [3.05, 3.63) is 131 Å². The van der Waals surface area contributed by atoms with E-state index in [1.165, 1.54) is 22.3 Å². The van der Waals surface area contributed by atoms with E-state index in [1.807, 2.05) is 36.4 Å². The summed E-state index contributed by atoms with van der Waals surface area (Å²) in [6.45, 7) is 0. The Bertz CT molecular complexity index is 950. The molecule has 0 saturated heterocycles. The largest absolute Gasteiger partial charge is 0.415 e. The normalized spacial score (nSPS) is 10.6. The molecule has 0 spiro atoms. The zero-order valence-electron chi connectivity index (χ0n) is 15.7. The number of hydrogen-bond donors (Lipinski definition) is 0. The SMILES string of the molecule is O=[P+](c1ccc(Cc2ccccc2)cc1)c1ccc(Cc2ccccc2)cc1. The van der Waals surface area contributed by atoms with E-state index in [0.717, 1.165) is 23.5 Å². The fraction of sp³-hybridized carbons (Fsp3) is 0.0769. The van der Waals surface area contributed by atoms with Gasteiger partial charge in [0.2, 0.25) is 0 Å². The lowest BCUT2D eigenvalue weighted by Crippen LogP contribution is -2.07. The minimum atomic E-state index is -1.56. The predicted octanol–water partition coefficient (Wildman–Crippen LogP) is 5.65. The van der Waals surface area contributed by atoms with E-state index < -0.39 is 7.80 Å². The maximum absolute atomic E-state index is 12.9. The van der Waals surface area contributed by atoms with E-state index in [9.17, 15) is 4.57 Å². The highest BCUT2D eigenvalue weighted by Gasteiger charge is 2.23. The van der Waals surface area contributed by atoms with Gasteiger partial charge in [-0.05, 0) is 59.4 Å². The van der Waals surface area contributed by atoms with Crippen LogP contribution in [0.5, 0.6) is 0 Å². The number of benzene rings is 4. The molecule has 0 amide bonds. The molecule has 0 aliphatic carbocycles. The Morgan fingerprint density at radius 2 is 0.750 bits per heavy atom. The first kappa shape index (κ1) is 18.3. The van der Waals surface area contributed by atoms with Crippen molar-refractivity contribution < 1.29 is 4.57 Å². The molecule has 4 aromatic rings. The summed E-state index contributed by atoms with van der Waals surface area (Å²) in [5.41, 5.74) is 5.04. The summed E-state index contributed by atoms with van der Waals surface area (Å²) in [6, 6.07) is 37.1. The molecule has 4 rings (SSSR count). The smallest absolute Gasteiger partial charge is 0.0622 e. The summed E-state index contributed by atoms with van der Waals surface area (Å²) in [4.78, 5) is 0. The zero-order valence-corrected chi connectivity index (χ0v) is 16.6. The van der Waals surface area contributed by atoms with Crippen LogP contribution in [0, 0.1) is 0 Å². The van der Waals surface area contributed by atoms with Gasteiger partial charge >= 0.3 is 7.80 Å². The Hall–Kier alpha value is -3.02. The third-order valence-corrected chi connectivity index (χ3v) is 6.38. The van der Waals surface area contributed by atoms with Crippen molar-refractivity contribution in [3.63, 3.8) is 0 Å². The molecule has 0 N–H and O–H groups in total. The quantitative estimate of drug-likeness (QED) is 0.395. The van der Waals surface area contributed by atoms with Crippen LogP contribution < -0.4 is 10.6 Å². The van der Waals surface area contributed by atoms with Crippen molar-refractivity contribution in [2.24, 2.45) is 0 Å². The molecule has 0 atom stereocenters. The lowest BCUT2D eigenvalue weighted by Gasteiger charge is -2.02. The molecular formula is C26H22OP+. The Morgan fingerprint density at radius 3 is 1.11 bits per heavy atom. The molecule has 1 nitrogen and oxygen atoms in total. The van der Waals surface area contributed by atoms with Gasteiger partial charge in [0, 0.05) is 0 Å². The Labute approximate surface area is 167 Å². The minimum Gasteiger partial charge on any atom is -0.0622 e. The molecule has 136 valence electrons. The molecule has 4 aromatic carbocycles. The highest BCUT2D eigenvalue weighted by Crippen LogP contribution is 2.21. The maximum Gasteiger partial charge on any atom is 0.415 e. The lowest BCUT2D eigenvalue weighted by atomic mass is 10.1. The van der Waals surface area contributed by atoms with Crippen molar-refractivity contribution >= 4 is 18.4 Å². The fourth-order valence-corrected chi connectivity index (χ4v) is 4.45. The Morgan fingerprint density at radius 1 is 0.429 bits per heavy atom. The third kappa shape index (κ3) is 4.63. The van der Waals surface area contributed by atoms with E-state index in [1.54, 1.807) is 0 Å². The van der Waals surface area contributed by atoms with Gasteiger partial charge in [-0.2, -0.15) is 0 Å². The maximum atomic E-state index is 12.9. The van der Waals surface area contributed by atoms with Crippen LogP contribution in [0.3, 0.4) is 0 Å². The molecule has 0 aliphatic heterocycles. The van der Waals surface area contributed by atoms with Crippen LogP contribution in [-0.4, -0.2) is 0 Å². The third-order valence-electron chi connectivity index (χ3n) is 4.84. The first-order chi connectivity index (χ1) is 13.8. The van der Waals surface area contributed by atoms with E-state index in [-0.39, 0.29) is 0 Å². The highest BCUT2D eigenvalue weighted by atomic mass is 31.1. The van der Waals surface area contributed by atoms with Gasteiger partial charge in [-0.25, -0.2) is 0 Å². The van der Waals surface area contributed by atoms with Gasteiger partial charge in [0.05, 0.1) is 0 Å². The lowest BCUT2D eigenvalue weighted by molar-refractivity contribution is 0.598. The first-order valence-corrected chi connectivity index (χ1v) is 10.8. The molecule has 0 radical (unpaired) electrons. The average Bonchev–Trinajstić information content (AvgIpc) is 2.76. The van der Waals surface area contributed by atoms with Crippen molar-refractivity contribution in [2.45, 2.75) is 12.8 Å². The van der Waals surface area contributed by atoms with Crippen molar-refractivity contribution in [1.82, 2.24) is 0 Å². The van der Waals surface area contributed by atoms with Crippen LogP contribution in [-0.2, 0) is 17.4 Å². The second kappa shape index (κ2) is 8.78. The molecular weight excluding hydrogens is 359 g/mol.